The number of hydrogen-bond donors (Lipinski definition) is 2. The standard InChI is InChI=1S/C12H16N2O4/c1-8-9(2)11(16)14(4-6-18-7-5-15)12(17)10(8)13-3/h15-16H,4-7H2,1-2H3. The predicted octanol–water partition coefficient (Wildman–Crippen LogP) is 0.730. The molecule has 6 nitrogen and oxygen atoms in total. The Morgan fingerprint density at radius 3 is 2.56 bits per heavy atom. The third-order valence-corrected chi connectivity index (χ3v) is 2.76. The van der Waals surface area contributed by atoms with E-state index < -0.39 is 5.56 Å². The van der Waals surface area contributed by atoms with Crippen molar-refractivity contribution in [3.63, 3.8) is 0 Å². The van der Waals surface area contributed by atoms with Gasteiger partial charge in [-0.2, -0.15) is 0 Å². The maximum atomic E-state index is 11.9. The van der Waals surface area contributed by atoms with Crippen LogP contribution in [0.15, 0.2) is 4.79 Å². The first-order chi connectivity index (χ1) is 8.54. The highest BCUT2D eigenvalue weighted by atomic mass is 16.5. The zero-order valence-electron chi connectivity index (χ0n) is 10.4. The van der Waals surface area contributed by atoms with E-state index in [2.05, 4.69) is 4.85 Å². The molecule has 0 saturated carbocycles. The van der Waals surface area contributed by atoms with E-state index in [1.54, 1.807) is 13.8 Å². The van der Waals surface area contributed by atoms with Crippen LogP contribution in [0.2, 0.25) is 0 Å². The molecule has 0 spiro atoms. The fourth-order valence-corrected chi connectivity index (χ4v) is 1.59. The minimum absolute atomic E-state index is 0.0208. The van der Waals surface area contributed by atoms with E-state index >= 15 is 0 Å². The zero-order valence-corrected chi connectivity index (χ0v) is 10.4. The lowest BCUT2D eigenvalue weighted by molar-refractivity contribution is 0.0854. The molecule has 6 heteroatoms. The highest BCUT2D eigenvalue weighted by Crippen LogP contribution is 2.24. The fraction of sp³-hybridized carbons (Fsp3) is 0.500. The lowest BCUT2D eigenvalue weighted by Crippen LogP contribution is -2.23. The van der Waals surface area contributed by atoms with Gasteiger partial charge in [0.15, 0.2) is 5.88 Å². The van der Waals surface area contributed by atoms with E-state index in [-0.39, 0.29) is 37.9 Å². The molecule has 0 atom stereocenters. The topological polar surface area (TPSA) is 76.1 Å². The van der Waals surface area contributed by atoms with Gasteiger partial charge in [0.25, 0.3) is 11.2 Å². The SMILES string of the molecule is [C-]#[N+]c1c(C)c(C)c(O)n(CCOCCO)c1=O. The van der Waals surface area contributed by atoms with E-state index in [1.165, 1.54) is 0 Å². The third kappa shape index (κ3) is 2.70. The van der Waals surface area contributed by atoms with Gasteiger partial charge >= 0.3 is 0 Å². The summed E-state index contributed by atoms with van der Waals surface area (Å²) in [7, 11) is 0. The molecule has 18 heavy (non-hydrogen) atoms. The van der Waals surface area contributed by atoms with Crippen molar-refractivity contribution in [3.8, 4) is 5.88 Å². The Morgan fingerprint density at radius 2 is 2.00 bits per heavy atom. The fourth-order valence-electron chi connectivity index (χ4n) is 1.59. The summed E-state index contributed by atoms with van der Waals surface area (Å²) in [6.07, 6.45) is 0. The molecule has 1 rings (SSSR count). The van der Waals surface area contributed by atoms with Crippen molar-refractivity contribution in [1.82, 2.24) is 4.57 Å². The van der Waals surface area contributed by atoms with E-state index in [4.69, 9.17) is 16.4 Å². The van der Waals surface area contributed by atoms with Gasteiger partial charge in [-0.1, -0.05) is 0 Å². The summed E-state index contributed by atoms with van der Waals surface area (Å²) in [5.74, 6) is -0.141. The maximum absolute atomic E-state index is 11.9. The average Bonchev–Trinajstić information content (AvgIpc) is 2.36. The zero-order chi connectivity index (χ0) is 13.7. The normalized spacial score (nSPS) is 10.3. The Labute approximate surface area is 105 Å². The molecule has 0 saturated heterocycles. The molecule has 0 radical (unpaired) electrons. The number of aliphatic hydroxyl groups is 1. The van der Waals surface area contributed by atoms with Gasteiger partial charge in [0.2, 0.25) is 0 Å². The van der Waals surface area contributed by atoms with Gasteiger partial charge in [0.05, 0.1) is 32.9 Å². The van der Waals surface area contributed by atoms with Crippen LogP contribution in [0, 0.1) is 20.4 Å². The molecule has 2 N–H and O–H groups in total. The molecule has 0 bridgehead atoms. The Balaban J connectivity index is 3.09. The van der Waals surface area contributed by atoms with Gasteiger partial charge in [-0.05, 0) is 19.4 Å². The van der Waals surface area contributed by atoms with Crippen molar-refractivity contribution in [2.24, 2.45) is 0 Å². The number of aliphatic hydroxyl groups excluding tert-OH is 1. The van der Waals surface area contributed by atoms with E-state index in [1.807, 2.05) is 0 Å². The van der Waals surface area contributed by atoms with Crippen molar-refractivity contribution >= 4 is 5.69 Å². The number of rotatable bonds is 5. The summed E-state index contributed by atoms with van der Waals surface area (Å²) in [5.41, 5.74) is 0.522. The molecular weight excluding hydrogens is 236 g/mol. The van der Waals surface area contributed by atoms with Gasteiger partial charge in [-0.15, -0.1) is 0 Å². The van der Waals surface area contributed by atoms with Crippen molar-refractivity contribution < 1.29 is 14.9 Å². The second-order valence-electron chi connectivity index (χ2n) is 3.83. The van der Waals surface area contributed by atoms with Crippen LogP contribution in [0.1, 0.15) is 11.1 Å². The summed E-state index contributed by atoms with van der Waals surface area (Å²) >= 11 is 0. The Kier molecular flexibility index (Phi) is 4.89. The van der Waals surface area contributed by atoms with Gasteiger partial charge in [-0.3, -0.25) is 9.36 Å². The van der Waals surface area contributed by atoms with Gasteiger partial charge < -0.3 is 14.9 Å². The number of ether oxygens (including phenoxy) is 1. The first kappa shape index (κ1) is 14.2. The molecule has 1 heterocycles. The van der Waals surface area contributed by atoms with Crippen LogP contribution in [-0.2, 0) is 11.3 Å². The van der Waals surface area contributed by atoms with Gasteiger partial charge in [-0.25, -0.2) is 4.85 Å². The van der Waals surface area contributed by atoms with E-state index in [9.17, 15) is 9.90 Å². The number of aromatic hydroxyl groups is 1. The van der Waals surface area contributed by atoms with E-state index in [0.29, 0.717) is 11.1 Å². The second kappa shape index (κ2) is 6.19. The quantitative estimate of drug-likeness (QED) is 0.598. The highest BCUT2D eigenvalue weighted by molar-refractivity contribution is 5.55. The maximum Gasteiger partial charge on any atom is 0.259 e. The van der Waals surface area contributed by atoms with E-state index in [0.717, 1.165) is 4.57 Å². The minimum Gasteiger partial charge on any atom is -0.494 e. The summed E-state index contributed by atoms with van der Waals surface area (Å²) < 4.78 is 6.16. The van der Waals surface area contributed by atoms with Crippen LogP contribution in [-0.4, -0.2) is 34.6 Å². The van der Waals surface area contributed by atoms with Crippen LogP contribution in [0.25, 0.3) is 4.85 Å². The van der Waals surface area contributed by atoms with Crippen LogP contribution in [0.4, 0.5) is 5.69 Å². The molecule has 0 amide bonds. The van der Waals surface area contributed by atoms with Crippen LogP contribution in [0.3, 0.4) is 0 Å². The number of aromatic nitrogens is 1. The third-order valence-electron chi connectivity index (χ3n) is 2.76. The summed E-state index contributed by atoms with van der Waals surface area (Å²) in [4.78, 5) is 15.1. The summed E-state index contributed by atoms with van der Waals surface area (Å²) in [6, 6.07) is 0. The molecule has 0 aliphatic heterocycles. The molecular formula is C12H16N2O4. The lowest BCUT2D eigenvalue weighted by atomic mass is 10.1. The number of hydrogen-bond acceptors (Lipinski definition) is 4. The minimum atomic E-state index is -0.516. The molecule has 1 aromatic heterocycles. The molecule has 0 unspecified atom stereocenters. The number of pyridine rings is 1. The van der Waals surface area contributed by atoms with Crippen molar-refractivity contribution in [2.45, 2.75) is 20.4 Å². The monoisotopic (exact) mass is 252 g/mol. The van der Waals surface area contributed by atoms with Gasteiger partial charge in [0.1, 0.15) is 0 Å². The first-order valence-electron chi connectivity index (χ1n) is 5.53. The predicted molar refractivity (Wildman–Crippen MR) is 66.0 cm³/mol. The summed E-state index contributed by atoms with van der Waals surface area (Å²) in [6.45, 7) is 10.7. The average molecular weight is 252 g/mol. The van der Waals surface area contributed by atoms with Crippen molar-refractivity contribution in [2.75, 3.05) is 19.8 Å². The van der Waals surface area contributed by atoms with Crippen LogP contribution >= 0.6 is 0 Å². The molecule has 1 aromatic rings. The highest BCUT2D eigenvalue weighted by Gasteiger charge is 2.15. The van der Waals surface area contributed by atoms with Crippen molar-refractivity contribution in [3.05, 3.63) is 32.9 Å². The van der Waals surface area contributed by atoms with Crippen LogP contribution in [0.5, 0.6) is 5.88 Å². The van der Waals surface area contributed by atoms with Crippen molar-refractivity contribution in [1.29, 1.82) is 0 Å². The Hall–Kier alpha value is -1.84. The lowest BCUT2D eigenvalue weighted by Gasteiger charge is -2.13. The molecule has 0 aliphatic rings. The number of nitrogens with zero attached hydrogens (tertiary/aromatic N) is 2. The molecule has 0 aromatic carbocycles. The van der Waals surface area contributed by atoms with Crippen LogP contribution < -0.4 is 5.56 Å². The first-order valence-corrected chi connectivity index (χ1v) is 5.53. The summed E-state index contributed by atoms with van der Waals surface area (Å²) in [5, 5.41) is 18.4. The molecule has 0 aliphatic carbocycles. The molecule has 98 valence electrons. The Morgan fingerprint density at radius 1 is 1.33 bits per heavy atom. The largest absolute Gasteiger partial charge is 0.494 e. The molecule has 0 fully saturated rings. The smallest absolute Gasteiger partial charge is 0.259 e. The van der Waals surface area contributed by atoms with Gasteiger partial charge in [0, 0.05) is 5.56 Å². The Bertz CT molecular complexity index is 528. The second-order valence-corrected chi connectivity index (χ2v) is 3.83.